The van der Waals surface area contributed by atoms with Crippen molar-refractivity contribution >= 4 is 49.9 Å². The molecule has 2 N–H and O–H groups in total. The van der Waals surface area contributed by atoms with E-state index >= 15 is 0 Å². The molecule has 44 heavy (non-hydrogen) atoms. The molecule has 2 saturated heterocycles. The van der Waals surface area contributed by atoms with Gasteiger partial charge in [0, 0.05) is 19.5 Å². The highest BCUT2D eigenvalue weighted by Crippen LogP contribution is 2.41. The summed E-state index contributed by atoms with van der Waals surface area (Å²) in [7, 11) is -4.30. The zero-order valence-corrected chi connectivity index (χ0v) is 25.4. The van der Waals surface area contributed by atoms with E-state index in [1.807, 2.05) is 0 Å². The van der Waals surface area contributed by atoms with Crippen molar-refractivity contribution in [2.45, 2.75) is 62.8 Å². The zero-order valence-electron chi connectivity index (χ0n) is 23.8. The van der Waals surface area contributed by atoms with Crippen LogP contribution in [0.25, 0.3) is 10.4 Å². The SMILES string of the molecule is Cc1nc(Nc2cccc(N3CCCCC3=O)n2)sc1-c1cc2c(c(S(=O)(=O)NC3COC3)c1)C(=O)N([C@@H](C)C(F)(F)F)C2. The summed E-state index contributed by atoms with van der Waals surface area (Å²) in [6, 6.07) is 5.50. The van der Waals surface area contributed by atoms with Gasteiger partial charge in [0.25, 0.3) is 5.91 Å². The second kappa shape index (κ2) is 11.4. The lowest BCUT2D eigenvalue weighted by atomic mass is 10.0. The van der Waals surface area contributed by atoms with E-state index in [-0.39, 0.29) is 35.1 Å². The standard InChI is InChI=1S/C28H29F3N6O5S2/c1-15-25(43-27(32-15)34-21-6-5-7-22(33-21)36-9-4-3-8-23(36)38)17-10-18-12-37(16(2)28(29,30)31)26(39)24(18)20(11-17)44(40,41)35-19-13-42-14-19/h5-7,10-11,16,19,35H,3-4,8-9,12-14H2,1-2H3,(H,32,33,34)/t16-/m0/s1. The van der Waals surface area contributed by atoms with Crippen LogP contribution >= 0.6 is 11.3 Å². The van der Waals surface area contributed by atoms with Crippen LogP contribution in [0.5, 0.6) is 0 Å². The summed E-state index contributed by atoms with van der Waals surface area (Å²) in [6.45, 7) is 3.09. The predicted molar refractivity (Wildman–Crippen MR) is 156 cm³/mol. The molecule has 3 aromatic rings. The highest BCUT2D eigenvalue weighted by molar-refractivity contribution is 7.89. The van der Waals surface area contributed by atoms with Crippen molar-refractivity contribution < 1.29 is 35.9 Å². The van der Waals surface area contributed by atoms with Gasteiger partial charge in [-0.15, -0.1) is 0 Å². The summed E-state index contributed by atoms with van der Waals surface area (Å²) < 4.78 is 75.4. The average molecular weight is 651 g/mol. The van der Waals surface area contributed by atoms with Crippen molar-refractivity contribution in [3.8, 4) is 10.4 Å². The molecule has 0 saturated carbocycles. The summed E-state index contributed by atoms with van der Waals surface area (Å²) in [5.41, 5.74) is 0.836. The predicted octanol–water partition coefficient (Wildman–Crippen LogP) is 4.36. The van der Waals surface area contributed by atoms with Crippen molar-refractivity contribution in [3.05, 3.63) is 47.2 Å². The molecule has 0 spiro atoms. The Hall–Kier alpha value is -3.60. The molecule has 6 rings (SSSR count). The molecule has 16 heteroatoms. The number of nitrogens with one attached hydrogen (secondary N) is 2. The van der Waals surface area contributed by atoms with Gasteiger partial charge in [-0.2, -0.15) is 13.2 Å². The molecule has 2 amide bonds. The molecular formula is C28H29F3N6O5S2. The Kier molecular flexibility index (Phi) is 7.88. The van der Waals surface area contributed by atoms with Gasteiger partial charge in [0.2, 0.25) is 15.9 Å². The lowest BCUT2D eigenvalue weighted by Crippen LogP contribution is -2.48. The van der Waals surface area contributed by atoms with Crippen LogP contribution in [-0.4, -0.2) is 73.1 Å². The number of pyridine rings is 1. The number of piperidine rings is 1. The first-order chi connectivity index (χ1) is 20.8. The number of nitrogens with zero attached hydrogens (tertiary/aromatic N) is 4. The lowest BCUT2D eigenvalue weighted by Gasteiger charge is -2.27. The first-order valence-electron chi connectivity index (χ1n) is 14.0. The van der Waals surface area contributed by atoms with Gasteiger partial charge in [0.1, 0.15) is 17.7 Å². The number of halogens is 3. The number of thiazole rings is 1. The Morgan fingerprint density at radius 2 is 1.91 bits per heavy atom. The molecule has 0 unspecified atom stereocenters. The van der Waals surface area contributed by atoms with Gasteiger partial charge >= 0.3 is 6.18 Å². The minimum absolute atomic E-state index is 0.0108. The number of amides is 2. The molecule has 0 bridgehead atoms. The van der Waals surface area contributed by atoms with E-state index in [0.717, 1.165) is 19.8 Å². The first-order valence-corrected chi connectivity index (χ1v) is 16.3. The van der Waals surface area contributed by atoms with Crippen molar-refractivity contribution in [2.75, 3.05) is 30.0 Å². The Morgan fingerprint density at radius 3 is 2.59 bits per heavy atom. The number of ether oxygens (including phenoxy) is 1. The lowest BCUT2D eigenvalue weighted by molar-refractivity contribution is -0.172. The number of rotatable bonds is 8. The fraction of sp³-hybridized carbons (Fsp3) is 0.429. The Bertz CT molecular complexity index is 1740. The molecule has 11 nitrogen and oxygen atoms in total. The van der Waals surface area contributed by atoms with Gasteiger partial charge in [-0.05, 0) is 62.1 Å². The molecule has 234 valence electrons. The van der Waals surface area contributed by atoms with Gasteiger partial charge in [-0.3, -0.25) is 14.5 Å². The topological polar surface area (TPSA) is 134 Å². The van der Waals surface area contributed by atoms with E-state index in [4.69, 9.17) is 4.74 Å². The molecule has 0 aliphatic carbocycles. The molecular weight excluding hydrogens is 621 g/mol. The van der Waals surface area contributed by atoms with E-state index in [2.05, 4.69) is 20.0 Å². The summed E-state index contributed by atoms with van der Waals surface area (Å²) >= 11 is 1.20. The molecule has 5 heterocycles. The maximum Gasteiger partial charge on any atom is 0.408 e. The monoisotopic (exact) mass is 650 g/mol. The molecule has 3 aliphatic heterocycles. The zero-order chi connectivity index (χ0) is 31.4. The second-order valence-electron chi connectivity index (χ2n) is 11.0. The van der Waals surface area contributed by atoms with Gasteiger partial charge in [-0.25, -0.2) is 23.1 Å². The number of aryl methyl sites for hydroxylation is 1. The Labute approximate surface area is 255 Å². The number of carbonyl (C=O) groups is 2. The number of benzene rings is 1. The number of alkyl halides is 3. The largest absolute Gasteiger partial charge is 0.408 e. The van der Waals surface area contributed by atoms with E-state index in [9.17, 15) is 31.2 Å². The molecule has 1 aromatic carbocycles. The van der Waals surface area contributed by atoms with E-state index < -0.39 is 40.7 Å². The van der Waals surface area contributed by atoms with Crippen molar-refractivity contribution in [1.29, 1.82) is 0 Å². The van der Waals surface area contributed by atoms with Crippen LogP contribution < -0.4 is 14.9 Å². The van der Waals surface area contributed by atoms with Crippen LogP contribution in [0.1, 0.15) is 47.8 Å². The third-order valence-electron chi connectivity index (χ3n) is 7.82. The first kappa shape index (κ1) is 30.4. The molecule has 1 atom stereocenters. The normalized spacial score (nSPS) is 18.4. The van der Waals surface area contributed by atoms with Gasteiger partial charge < -0.3 is 15.0 Å². The third-order valence-corrected chi connectivity index (χ3v) is 10.5. The highest BCUT2D eigenvalue weighted by atomic mass is 32.2. The Balaban J connectivity index is 1.35. The maximum atomic E-state index is 13.6. The van der Waals surface area contributed by atoms with Crippen LogP contribution in [0.4, 0.5) is 29.9 Å². The number of sulfonamides is 1. The maximum absolute atomic E-state index is 13.6. The molecule has 3 aliphatic rings. The second-order valence-corrected chi connectivity index (χ2v) is 13.6. The van der Waals surface area contributed by atoms with Crippen molar-refractivity contribution in [1.82, 2.24) is 19.6 Å². The fourth-order valence-electron chi connectivity index (χ4n) is 5.38. The van der Waals surface area contributed by atoms with Crippen LogP contribution in [0.3, 0.4) is 0 Å². The third kappa shape index (κ3) is 5.78. The van der Waals surface area contributed by atoms with Crippen LogP contribution in [0, 0.1) is 6.92 Å². The quantitative estimate of drug-likeness (QED) is 0.368. The van der Waals surface area contributed by atoms with Gasteiger partial charge in [0.15, 0.2) is 5.13 Å². The molecule has 0 radical (unpaired) electrons. The van der Waals surface area contributed by atoms with Gasteiger partial charge in [-0.1, -0.05) is 17.4 Å². The number of hydrogen-bond donors (Lipinski definition) is 2. The van der Waals surface area contributed by atoms with Gasteiger partial charge in [0.05, 0.1) is 40.3 Å². The fourth-order valence-corrected chi connectivity index (χ4v) is 7.81. The minimum Gasteiger partial charge on any atom is -0.378 e. The number of anilines is 3. The molecule has 2 aromatic heterocycles. The highest BCUT2D eigenvalue weighted by Gasteiger charge is 2.47. The minimum atomic E-state index is -4.69. The summed E-state index contributed by atoms with van der Waals surface area (Å²) in [5.74, 6) is -0.0131. The van der Waals surface area contributed by atoms with Crippen LogP contribution in [-0.2, 0) is 26.1 Å². The number of carbonyl (C=O) groups excluding carboxylic acids is 2. The van der Waals surface area contributed by atoms with Crippen LogP contribution in [0.2, 0.25) is 0 Å². The van der Waals surface area contributed by atoms with Crippen LogP contribution in [0.15, 0.2) is 35.2 Å². The average Bonchev–Trinajstić information content (AvgIpc) is 3.48. The Morgan fingerprint density at radius 1 is 1.14 bits per heavy atom. The molecule has 2 fully saturated rings. The van der Waals surface area contributed by atoms with E-state index in [0.29, 0.717) is 50.8 Å². The van der Waals surface area contributed by atoms with Crippen molar-refractivity contribution in [3.63, 3.8) is 0 Å². The van der Waals surface area contributed by atoms with E-state index in [1.54, 1.807) is 36.1 Å². The smallest absolute Gasteiger partial charge is 0.378 e. The van der Waals surface area contributed by atoms with Crippen molar-refractivity contribution in [2.24, 2.45) is 0 Å². The summed E-state index contributed by atoms with van der Waals surface area (Å²) in [4.78, 5) is 37.2. The summed E-state index contributed by atoms with van der Waals surface area (Å²) in [5, 5.41) is 3.58. The summed E-state index contributed by atoms with van der Waals surface area (Å²) in [6.07, 6.45) is -2.49. The number of fused-ring (bicyclic) bond motifs is 1. The van der Waals surface area contributed by atoms with E-state index in [1.165, 1.54) is 17.4 Å². The number of hydrogen-bond acceptors (Lipinski definition) is 9. The number of aromatic nitrogens is 2.